The standard InChI is InChI=1S/C54H74N10O9.2ClH/c1-31(65)24-25-42(61-46(66)34(4)55-9)52(72)63-29-40(27-43(63)50(70)57-32(2)36-18-13-11-14-19-36)59-48(68)38-22-17-23-39(26-38)49(69)60-41-28-44(51(71)58-33(3)37-20-15-12-16-21-37)64(30-41)53(73)45(54(6,7)8)62-47(67)35(5)56-10;;/h11-23,26,32-35,40-45,55-56H,24-25,27-30H2,1-10H3,(H,57,70)(H,58,71)(H,59,68)(H,60,69)(H,61,66)(H,62,67);2*1H/t32-,33-,34+,35+,40+,41+,42+,43?,44+,45-;;/m1../s1. The van der Waals surface area contributed by atoms with Gasteiger partial charge in [-0.3, -0.25) is 38.4 Å². The molecule has 0 spiro atoms. The molecule has 19 nitrogen and oxygen atoms in total. The minimum atomic E-state index is -1.14. The van der Waals surface area contributed by atoms with Crippen molar-refractivity contribution in [2.24, 2.45) is 5.41 Å². The topological polar surface area (TPSA) is 256 Å². The summed E-state index contributed by atoms with van der Waals surface area (Å²) in [6.07, 6.45) is 0.0804. The number of nitrogens with zero attached hydrogens (tertiary/aromatic N) is 2. The Kier molecular flexibility index (Phi) is 23.9. The first-order valence-electron chi connectivity index (χ1n) is 25.0. The number of nitrogens with one attached hydrogen (secondary N) is 8. The highest BCUT2D eigenvalue weighted by Gasteiger charge is 2.46. The number of likely N-dealkylation sites (tertiary alicyclic amines) is 2. The summed E-state index contributed by atoms with van der Waals surface area (Å²) < 4.78 is 0. The van der Waals surface area contributed by atoms with Gasteiger partial charge >= 0.3 is 0 Å². The maximum Gasteiger partial charge on any atom is 0.251 e. The van der Waals surface area contributed by atoms with E-state index < -0.39 is 113 Å². The third-order valence-corrected chi connectivity index (χ3v) is 13.6. The molecule has 8 N–H and O–H groups in total. The van der Waals surface area contributed by atoms with Gasteiger partial charge in [-0.2, -0.15) is 0 Å². The van der Waals surface area contributed by atoms with E-state index in [0.29, 0.717) is 0 Å². The first-order valence-corrected chi connectivity index (χ1v) is 25.0. The Balaban J connectivity index is 0.00000741. The predicted molar refractivity (Wildman–Crippen MR) is 290 cm³/mol. The lowest BCUT2D eigenvalue weighted by molar-refractivity contribution is -0.144. The van der Waals surface area contributed by atoms with Crippen LogP contribution in [0, 0.1) is 5.41 Å². The summed E-state index contributed by atoms with van der Waals surface area (Å²) in [5.74, 6) is -4.17. The number of carbonyl (C=O) groups is 9. The van der Waals surface area contributed by atoms with Crippen LogP contribution in [0.5, 0.6) is 0 Å². The fourth-order valence-corrected chi connectivity index (χ4v) is 8.92. The highest BCUT2D eigenvalue weighted by atomic mass is 35.5. The minimum Gasteiger partial charge on any atom is -0.348 e. The molecule has 75 heavy (non-hydrogen) atoms. The van der Waals surface area contributed by atoms with Crippen LogP contribution in [-0.4, -0.2) is 138 Å². The summed E-state index contributed by atoms with van der Waals surface area (Å²) in [5, 5.41) is 23.3. The number of carbonyl (C=O) groups excluding carboxylic acids is 9. The van der Waals surface area contributed by atoms with Gasteiger partial charge in [-0.05, 0) is 103 Å². The van der Waals surface area contributed by atoms with Crippen LogP contribution in [0.15, 0.2) is 84.9 Å². The van der Waals surface area contributed by atoms with Crippen LogP contribution in [0.25, 0.3) is 0 Å². The summed E-state index contributed by atoms with van der Waals surface area (Å²) >= 11 is 0. The molecule has 8 amide bonds. The van der Waals surface area contributed by atoms with Crippen LogP contribution in [-0.2, 0) is 33.6 Å². The fourth-order valence-electron chi connectivity index (χ4n) is 8.92. The Hall–Kier alpha value is -6.41. The average molecular weight is 1080 g/mol. The molecule has 2 fully saturated rings. The number of amides is 8. The van der Waals surface area contributed by atoms with E-state index in [4.69, 9.17) is 0 Å². The molecular formula is C54H76Cl2N10O9. The molecule has 2 aliphatic heterocycles. The third-order valence-electron chi connectivity index (χ3n) is 13.6. The Bertz CT molecular complexity index is 2480. The second-order valence-corrected chi connectivity index (χ2v) is 20.3. The summed E-state index contributed by atoms with van der Waals surface area (Å²) in [7, 11) is 3.23. The monoisotopic (exact) mass is 1080 g/mol. The molecule has 3 aromatic rings. The van der Waals surface area contributed by atoms with Gasteiger partial charge in [0.15, 0.2) is 0 Å². The zero-order chi connectivity index (χ0) is 53.7. The molecule has 410 valence electrons. The Morgan fingerprint density at radius 1 is 0.573 bits per heavy atom. The molecule has 0 aromatic heterocycles. The smallest absolute Gasteiger partial charge is 0.251 e. The van der Waals surface area contributed by atoms with E-state index >= 15 is 0 Å². The number of hydrogen-bond donors (Lipinski definition) is 8. The van der Waals surface area contributed by atoms with Gasteiger partial charge in [-0.25, -0.2) is 0 Å². The maximum absolute atomic E-state index is 14.5. The minimum absolute atomic E-state index is 0. The summed E-state index contributed by atoms with van der Waals surface area (Å²) in [6, 6.07) is 16.9. The van der Waals surface area contributed by atoms with Gasteiger partial charge in [-0.1, -0.05) is 87.5 Å². The molecule has 0 aliphatic carbocycles. The number of halogens is 2. The van der Waals surface area contributed by atoms with Crippen molar-refractivity contribution in [2.75, 3.05) is 27.2 Å². The zero-order valence-corrected chi connectivity index (χ0v) is 46.1. The molecule has 0 bridgehead atoms. The number of hydrogen-bond acceptors (Lipinski definition) is 11. The second-order valence-electron chi connectivity index (χ2n) is 20.3. The molecule has 0 radical (unpaired) electrons. The van der Waals surface area contributed by atoms with Crippen LogP contribution < -0.4 is 42.5 Å². The highest BCUT2D eigenvalue weighted by Crippen LogP contribution is 2.28. The number of Topliss-reactive ketones (excluding diaryl/α,β-unsaturated/α-hetero) is 1. The van der Waals surface area contributed by atoms with Crippen molar-refractivity contribution >= 4 is 77.9 Å². The normalized spacial score (nSPS) is 19.5. The van der Waals surface area contributed by atoms with Crippen LogP contribution in [0.1, 0.15) is 125 Å². The molecular weight excluding hydrogens is 1000 g/mol. The van der Waals surface area contributed by atoms with Gasteiger partial charge < -0.3 is 57.1 Å². The van der Waals surface area contributed by atoms with E-state index in [9.17, 15) is 43.2 Å². The van der Waals surface area contributed by atoms with Crippen LogP contribution >= 0.6 is 24.8 Å². The van der Waals surface area contributed by atoms with E-state index in [1.54, 1.807) is 34.0 Å². The first kappa shape index (κ1) is 62.9. The summed E-state index contributed by atoms with van der Waals surface area (Å²) in [6.45, 7) is 13.6. The van der Waals surface area contributed by atoms with Crippen molar-refractivity contribution in [3.8, 4) is 0 Å². The number of likely N-dealkylation sites (N-methyl/N-ethyl adjacent to an activating group) is 2. The maximum atomic E-state index is 14.5. The Morgan fingerprint density at radius 3 is 1.39 bits per heavy atom. The van der Waals surface area contributed by atoms with Crippen molar-refractivity contribution in [3.63, 3.8) is 0 Å². The SMILES string of the molecule is CN[C@@H](C)C(=O)N[C@@H](CCC(C)=O)C(=O)N1C[C@@H](NC(=O)c2cccc(C(=O)N[C@H]3C[C@@H](C(=O)N[C@H](C)c4ccccc4)N(C(=O)[C@@H](NC(=O)[C@H](C)NC)C(C)(C)C)C3)c2)CC1C(=O)N[C@H](C)c1ccccc1.Cl.Cl. The summed E-state index contributed by atoms with van der Waals surface area (Å²) in [4.78, 5) is 126. The van der Waals surface area contributed by atoms with Crippen molar-refractivity contribution in [3.05, 3.63) is 107 Å². The third kappa shape index (κ3) is 17.1. The highest BCUT2D eigenvalue weighted by molar-refractivity contribution is 6.01. The largest absolute Gasteiger partial charge is 0.348 e. The van der Waals surface area contributed by atoms with E-state index in [2.05, 4.69) is 42.5 Å². The molecule has 1 unspecified atom stereocenters. The lowest BCUT2D eigenvalue weighted by Gasteiger charge is -2.36. The number of ketones is 1. The van der Waals surface area contributed by atoms with Crippen molar-refractivity contribution < 1.29 is 43.2 Å². The second kappa shape index (κ2) is 28.5. The fraction of sp³-hybridized carbons (Fsp3) is 0.500. The quantitative estimate of drug-likeness (QED) is 0.0769. The van der Waals surface area contributed by atoms with Gasteiger partial charge in [0.05, 0.1) is 24.2 Å². The van der Waals surface area contributed by atoms with Crippen LogP contribution in [0.3, 0.4) is 0 Å². The molecule has 3 aromatic carbocycles. The van der Waals surface area contributed by atoms with Gasteiger partial charge in [0.2, 0.25) is 35.4 Å². The van der Waals surface area contributed by atoms with Crippen molar-refractivity contribution in [1.82, 2.24) is 52.3 Å². The van der Waals surface area contributed by atoms with E-state index in [-0.39, 0.29) is 80.5 Å². The van der Waals surface area contributed by atoms with Gasteiger partial charge in [-0.15, -0.1) is 24.8 Å². The number of rotatable bonds is 21. The lowest BCUT2D eigenvalue weighted by Crippen LogP contribution is -2.59. The van der Waals surface area contributed by atoms with E-state index in [1.165, 1.54) is 34.9 Å². The average Bonchev–Trinajstić information content (AvgIpc) is 4.00. The van der Waals surface area contributed by atoms with Gasteiger partial charge in [0, 0.05) is 42.7 Å². The molecule has 2 heterocycles. The Morgan fingerprint density at radius 2 is 0.987 bits per heavy atom. The molecule has 21 heteroatoms. The molecule has 5 rings (SSSR count). The molecule has 10 atom stereocenters. The predicted octanol–water partition coefficient (Wildman–Crippen LogP) is 3.28. The summed E-state index contributed by atoms with van der Waals surface area (Å²) in [5.41, 5.74) is 1.16. The van der Waals surface area contributed by atoms with E-state index in [0.717, 1.165) is 11.1 Å². The van der Waals surface area contributed by atoms with Crippen LogP contribution in [0.2, 0.25) is 0 Å². The van der Waals surface area contributed by atoms with Crippen molar-refractivity contribution in [1.29, 1.82) is 0 Å². The van der Waals surface area contributed by atoms with E-state index in [1.807, 2.05) is 95.3 Å². The molecule has 2 aliphatic rings. The van der Waals surface area contributed by atoms with Crippen LogP contribution in [0.4, 0.5) is 0 Å². The number of benzene rings is 3. The van der Waals surface area contributed by atoms with Gasteiger partial charge in [0.1, 0.15) is 30.0 Å². The molecule has 0 saturated carbocycles. The lowest BCUT2D eigenvalue weighted by atomic mass is 9.85. The van der Waals surface area contributed by atoms with Crippen molar-refractivity contribution in [2.45, 2.75) is 141 Å². The van der Waals surface area contributed by atoms with Gasteiger partial charge in [0.25, 0.3) is 11.8 Å². The molecule has 2 saturated heterocycles. The first-order chi connectivity index (χ1) is 34.5. The Labute approximate surface area is 452 Å². The zero-order valence-electron chi connectivity index (χ0n) is 44.5.